The summed E-state index contributed by atoms with van der Waals surface area (Å²) in [5, 5.41) is 8.58. The van der Waals surface area contributed by atoms with Crippen molar-refractivity contribution < 1.29 is 5.11 Å². The zero-order valence-corrected chi connectivity index (χ0v) is 4.91. The molecular weight excluding hydrogens is 113 g/mol. The first-order valence-corrected chi connectivity index (χ1v) is 2.64. The Labute approximate surface area is 55.0 Å². The second kappa shape index (κ2) is 2.64. The van der Waals surface area contributed by atoms with Crippen LogP contribution >= 0.6 is 0 Å². The Morgan fingerprint density at radius 1 is 1.67 bits per heavy atom. The van der Waals surface area contributed by atoms with Gasteiger partial charge in [0.1, 0.15) is 7.85 Å². The van der Waals surface area contributed by atoms with Gasteiger partial charge in [0.15, 0.2) is 0 Å². The molecule has 0 saturated heterocycles. The van der Waals surface area contributed by atoms with Crippen LogP contribution in [0.4, 0.5) is 0 Å². The standard InChI is InChI=1S/C6H6BNO/c7-6-3-5(4-9)1-2-8-6/h1-3,9H,4H2. The molecule has 0 aromatic carbocycles. The minimum absolute atomic E-state index is 0.0206. The van der Waals surface area contributed by atoms with Crippen LogP contribution in [-0.4, -0.2) is 17.9 Å². The number of aliphatic hydroxyl groups excluding tert-OH is 1. The lowest BCUT2D eigenvalue weighted by Gasteiger charge is -1.94. The van der Waals surface area contributed by atoms with E-state index >= 15 is 0 Å². The molecule has 0 spiro atoms. The van der Waals surface area contributed by atoms with E-state index in [0.717, 1.165) is 5.56 Å². The monoisotopic (exact) mass is 119 g/mol. The molecule has 0 aliphatic heterocycles. The Morgan fingerprint density at radius 2 is 2.44 bits per heavy atom. The van der Waals surface area contributed by atoms with Gasteiger partial charge in [-0.1, -0.05) is 0 Å². The molecular formula is C6H6BNO. The molecule has 0 saturated carbocycles. The highest BCUT2D eigenvalue weighted by molar-refractivity contribution is 6.30. The van der Waals surface area contributed by atoms with E-state index in [9.17, 15) is 0 Å². The Bertz CT molecular complexity index is 202. The Kier molecular flexibility index (Phi) is 1.85. The van der Waals surface area contributed by atoms with Crippen molar-refractivity contribution in [2.45, 2.75) is 6.61 Å². The van der Waals surface area contributed by atoms with Gasteiger partial charge in [-0.15, -0.1) is 0 Å². The third kappa shape index (κ3) is 1.54. The molecule has 44 valence electrons. The van der Waals surface area contributed by atoms with Crippen LogP contribution in [0.15, 0.2) is 18.3 Å². The van der Waals surface area contributed by atoms with Gasteiger partial charge in [-0.2, -0.15) is 0 Å². The van der Waals surface area contributed by atoms with Crippen molar-refractivity contribution in [3.63, 3.8) is 0 Å². The lowest BCUT2D eigenvalue weighted by Crippen LogP contribution is -2.07. The van der Waals surface area contributed by atoms with E-state index in [0.29, 0.717) is 5.59 Å². The van der Waals surface area contributed by atoms with E-state index in [1.54, 1.807) is 18.3 Å². The van der Waals surface area contributed by atoms with E-state index < -0.39 is 0 Å². The molecule has 1 heterocycles. The molecule has 3 heteroatoms. The van der Waals surface area contributed by atoms with Crippen molar-refractivity contribution in [2.75, 3.05) is 0 Å². The van der Waals surface area contributed by atoms with Crippen LogP contribution in [0.5, 0.6) is 0 Å². The fourth-order valence-electron chi connectivity index (χ4n) is 0.593. The van der Waals surface area contributed by atoms with Crippen LogP contribution in [0.2, 0.25) is 0 Å². The van der Waals surface area contributed by atoms with Crippen molar-refractivity contribution in [1.82, 2.24) is 4.98 Å². The minimum Gasteiger partial charge on any atom is -0.392 e. The van der Waals surface area contributed by atoms with E-state index in [-0.39, 0.29) is 6.61 Å². The molecule has 0 bridgehead atoms. The van der Waals surface area contributed by atoms with Crippen LogP contribution in [0.1, 0.15) is 5.56 Å². The topological polar surface area (TPSA) is 33.1 Å². The highest BCUT2D eigenvalue weighted by Crippen LogP contribution is 1.91. The summed E-state index contributed by atoms with van der Waals surface area (Å²) < 4.78 is 0. The average molecular weight is 119 g/mol. The summed E-state index contributed by atoms with van der Waals surface area (Å²) >= 11 is 0. The summed E-state index contributed by atoms with van der Waals surface area (Å²) in [7, 11) is 5.31. The summed E-state index contributed by atoms with van der Waals surface area (Å²) in [6.07, 6.45) is 1.57. The van der Waals surface area contributed by atoms with Gasteiger partial charge in [0.25, 0.3) is 0 Å². The maximum absolute atomic E-state index is 8.58. The Morgan fingerprint density at radius 3 is 2.89 bits per heavy atom. The van der Waals surface area contributed by atoms with E-state index in [2.05, 4.69) is 4.98 Å². The third-order valence-corrected chi connectivity index (χ3v) is 1.03. The minimum atomic E-state index is 0.0206. The normalized spacial score (nSPS) is 9.44. The SMILES string of the molecule is [B]c1cc(CO)ccn1. The molecule has 1 aromatic rings. The number of hydrogen-bond acceptors (Lipinski definition) is 2. The lowest BCUT2D eigenvalue weighted by molar-refractivity contribution is 0.282. The lowest BCUT2D eigenvalue weighted by atomic mass is 10.0. The second-order valence-corrected chi connectivity index (χ2v) is 1.75. The van der Waals surface area contributed by atoms with E-state index in [1.165, 1.54) is 0 Å². The second-order valence-electron chi connectivity index (χ2n) is 1.75. The largest absolute Gasteiger partial charge is 0.392 e. The fourth-order valence-corrected chi connectivity index (χ4v) is 0.593. The molecule has 0 aliphatic rings. The molecule has 1 aromatic heterocycles. The summed E-state index contributed by atoms with van der Waals surface area (Å²) in [5.41, 5.74) is 1.24. The summed E-state index contributed by atoms with van der Waals surface area (Å²) in [5.74, 6) is 0. The first-order chi connectivity index (χ1) is 4.33. The van der Waals surface area contributed by atoms with Gasteiger partial charge in [0.2, 0.25) is 0 Å². The number of aliphatic hydroxyl groups is 1. The number of hydrogen-bond donors (Lipinski definition) is 1. The van der Waals surface area contributed by atoms with Gasteiger partial charge in [0.05, 0.1) is 6.61 Å². The van der Waals surface area contributed by atoms with Gasteiger partial charge in [-0.05, 0) is 23.3 Å². The maximum Gasteiger partial charge on any atom is 0.141 e. The summed E-state index contributed by atoms with van der Waals surface area (Å²) in [6, 6.07) is 3.36. The molecule has 0 unspecified atom stereocenters. The molecule has 1 rings (SSSR count). The molecule has 0 aliphatic carbocycles. The summed E-state index contributed by atoms with van der Waals surface area (Å²) in [4.78, 5) is 3.75. The molecule has 9 heavy (non-hydrogen) atoms. The van der Waals surface area contributed by atoms with Crippen molar-refractivity contribution in [3.05, 3.63) is 23.9 Å². The van der Waals surface area contributed by atoms with Gasteiger partial charge in [-0.3, -0.25) is 4.98 Å². The van der Waals surface area contributed by atoms with Crippen LogP contribution in [0.25, 0.3) is 0 Å². The molecule has 0 atom stereocenters. The number of nitrogens with zero attached hydrogens (tertiary/aromatic N) is 1. The number of pyridine rings is 1. The predicted molar refractivity (Wildman–Crippen MR) is 35.5 cm³/mol. The van der Waals surface area contributed by atoms with E-state index in [1.807, 2.05) is 0 Å². The fraction of sp³-hybridized carbons (Fsp3) is 0.167. The quantitative estimate of drug-likeness (QED) is 0.499. The van der Waals surface area contributed by atoms with E-state index in [4.69, 9.17) is 13.0 Å². The van der Waals surface area contributed by atoms with Crippen LogP contribution in [-0.2, 0) is 6.61 Å². The first-order valence-electron chi connectivity index (χ1n) is 2.64. The zero-order valence-electron chi connectivity index (χ0n) is 4.91. The van der Waals surface area contributed by atoms with Gasteiger partial charge in [-0.25, -0.2) is 0 Å². The highest BCUT2D eigenvalue weighted by atomic mass is 16.3. The smallest absolute Gasteiger partial charge is 0.141 e. The zero-order chi connectivity index (χ0) is 6.69. The van der Waals surface area contributed by atoms with Gasteiger partial charge >= 0.3 is 0 Å². The molecule has 1 N–H and O–H groups in total. The maximum atomic E-state index is 8.58. The van der Waals surface area contributed by atoms with Gasteiger partial charge in [0, 0.05) is 6.20 Å². The predicted octanol–water partition coefficient (Wildman–Crippen LogP) is -0.632. The van der Waals surface area contributed by atoms with Crippen LogP contribution in [0, 0.1) is 0 Å². The summed E-state index contributed by atoms with van der Waals surface area (Å²) in [6.45, 7) is 0.0206. The molecule has 0 amide bonds. The number of aromatic nitrogens is 1. The molecule has 0 fully saturated rings. The molecule has 2 nitrogen and oxygen atoms in total. The van der Waals surface area contributed by atoms with Crippen molar-refractivity contribution in [3.8, 4) is 0 Å². The average Bonchev–Trinajstić information content (AvgIpc) is 1.88. The van der Waals surface area contributed by atoms with Crippen LogP contribution in [0.3, 0.4) is 0 Å². The van der Waals surface area contributed by atoms with Crippen molar-refractivity contribution in [1.29, 1.82) is 0 Å². The van der Waals surface area contributed by atoms with Gasteiger partial charge < -0.3 is 5.11 Å². The molecule has 2 radical (unpaired) electrons. The Balaban J connectivity index is 2.94. The first kappa shape index (κ1) is 6.30. The van der Waals surface area contributed by atoms with Crippen molar-refractivity contribution in [2.24, 2.45) is 0 Å². The van der Waals surface area contributed by atoms with Crippen molar-refractivity contribution >= 4 is 13.4 Å². The number of rotatable bonds is 1. The third-order valence-electron chi connectivity index (χ3n) is 1.03. The Hall–Kier alpha value is -0.825. The highest BCUT2D eigenvalue weighted by Gasteiger charge is 1.87. The van der Waals surface area contributed by atoms with Crippen LogP contribution < -0.4 is 5.59 Å².